The number of aliphatic carboxylic acids is 1. The molecule has 1 aliphatic rings. The molecule has 24 heavy (non-hydrogen) atoms. The third-order valence-corrected chi connectivity index (χ3v) is 3.88. The molecule has 0 aromatic heterocycles. The Morgan fingerprint density at radius 1 is 1.42 bits per heavy atom. The molecule has 128 valence electrons. The van der Waals surface area contributed by atoms with Gasteiger partial charge in [-0.2, -0.15) is 18.3 Å². The number of amidine groups is 1. The second-order valence-corrected chi connectivity index (χ2v) is 5.77. The maximum atomic E-state index is 13.5. The number of carbonyl (C=O) groups is 2. The highest BCUT2D eigenvalue weighted by Crippen LogP contribution is 2.30. The van der Waals surface area contributed by atoms with Gasteiger partial charge in [-0.15, -0.1) is 5.10 Å². The SMILES string of the molecule is O=C(O)CC1SC(=NN=Cc2cc(C(F)(F)F)ccc2F)NC1=O. The number of thioether (sulfide) groups is 1. The molecule has 0 aliphatic carbocycles. The number of rotatable bonds is 4. The minimum Gasteiger partial charge on any atom is -0.481 e. The van der Waals surface area contributed by atoms with Crippen molar-refractivity contribution in [3.63, 3.8) is 0 Å². The fourth-order valence-corrected chi connectivity index (χ4v) is 2.62. The Balaban J connectivity index is 2.12. The van der Waals surface area contributed by atoms with E-state index in [4.69, 9.17) is 5.11 Å². The average molecular weight is 363 g/mol. The Labute approximate surface area is 136 Å². The summed E-state index contributed by atoms with van der Waals surface area (Å²) >= 11 is 0.815. The molecule has 1 aromatic rings. The number of carboxylic acids is 1. The van der Waals surface area contributed by atoms with Crippen LogP contribution in [0.15, 0.2) is 28.4 Å². The number of nitrogens with zero attached hydrogens (tertiary/aromatic N) is 2. The lowest BCUT2D eigenvalue weighted by Gasteiger charge is -2.07. The van der Waals surface area contributed by atoms with E-state index in [0.29, 0.717) is 18.2 Å². The van der Waals surface area contributed by atoms with E-state index >= 15 is 0 Å². The second-order valence-electron chi connectivity index (χ2n) is 4.58. The Morgan fingerprint density at radius 2 is 2.12 bits per heavy atom. The van der Waals surface area contributed by atoms with Crippen LogP contribution >= 0.6 is 11.8 Å². The minimum absolute atomic E-state index is 0.0186. The van der Waals surface area contributed by atoms with Gasteiger partial charge in [0, 0.05) is 5.56 Å². The molecule has 2 N–H and O–H groups in total. The second kappa shape index (κ2) is 6.99. The first-order valence-electron chi connectivity index (χ1n) is 6.34. The quantitative estimate of drug-likeness (QED) is 0.488. The summed E-state index contributed by atoms with van der Waals surface area (Å²) in [5, 5.41) is 17.0. The van der Waals surface area contributed by atoms with Crippen LogP contribution in [0.25, 0.3) is 0 Å². The van der Waals surface area contributed by atoms with Crippen LogP contribution in [-0.4, -0.2) is 33.6 Å². The molecule has 1 aromatic carbocycles. The van der Waals surface area contributed by atoms with Gasteiger partial charge in [0.2, 0.25) is 5.91 Å². The highest BCUT2D eigenvalue weighted by atomic mass is 32.2. The van der Waals surface area contributed by atoms with Gasteiger partial charge in [-0.25, -0.2) is 4.39 Å². The summed E-state index contributed by atoms with van der Waals surface area (Å²) in [6.07, 6.45) is -4.27. The van der Waals surface area contributed by atoms with E-state index in [2.05, 4.69) is 15.5 Å². The number of carbonyl (C=O) groups excluding carboxylic acids is 1. The van der Waals surface area contributed by atoms with Gasteiger partial charge in [0.05, 0.1) is 18.2 Å². The third-order valence-electron chi connectivity index (χ3n) is 2.81. The first-order chi connectivity index (χ1) is 11.2. The minimum atomic E-state index is -4.62. The number of nitrogens with one attached hydrogen (secondary N) is 1. The van der Waals surface area contributed by atoms with Gasteiger partial charge in [-0.1, -0.05) is 11.8 Å². The predicted octanol–water partition coefficient (Wildman–Crippen LogP) is 2.24. The molecule has 1 aliphatic heterocycles. The molecule has 6 nitrogen and oxygen atoms in total. The fraction of sp³-hybridized carbons (Fsp3) is 0.231. The zero-order chi connectivity index (χ0) is 17.9. The van der Waals surface area contributed by atoms with E-state index in [1.54, 1.807) is 0 Å². The molecule has 1 saturated heterocycles. The van der Waals surface area contributed by atoms with E-state index in [1.165, 1.54) is 0 Å². The van der Waals surface area contributed by atoms with Gasteiger partial charge in [0.1, 0.15) is 11.1 Å². The van der Waals surface area contributed by atoms with Crippen LogP contribution < -0.4 is 5.32 Å². The Kier molecular flexibility index (Phi) is 5.22. The first-order valence-corrected chi connectivity index (χ1v) is 7.22. The van der Waals surface area contributed by atoms with Crippen LogP contribution in [0.1, 0.15) is 17.5 Å². The van der Waals surface area contributed by atoms with Crippen molar-refractivity contribution in [3.05, 3.63) is 35.1 Å². The van der Waals surface area contributed by atoms with Crippen molar-refractivity contribution >= 4 is 35.0 Å². The monoisotopic (exact) mass is 363 g/mol. The molecular weight excluding hydrogens is 354 g/mol. The molecule has 1 unspecified atom stereocenters. The number of alkyl halides is 3. The first kappa shape index (κ1) is 17.9. The van der Waals surface area contributed by atoms with E-state index in [0.717, 1.165) is 18.0 Å². The molecule has 0 bridgehead atoms. The summed E-state index contributed by atoms with van der Waals surface area (Å²) in [6.45, 7) is 0. The maximum absolute atomic E-state index is 13.5. The summed E-state index contributed by atoms with van der Waals surface area (Å²) in [7, 11) is 0. The predicted molar refractivity (Wildman–Crippen MR) is 78.2 cm³/mol. The molecule has 1 atom stereocenters. The highest BCUT2D eigenvalue weighted by molar-refractivity contribution is 8.15. The van der Waals surface area contributed by atoms with Gasteiger partial charge in [0.25, 0.3) is 0 Å². The lowest BCUT2D eigenvalue weighted by molar-refractivity contribution is -0.138. The van der Waals surface area contributed by atoms with Gasteiger partial charge >= 0.3 is 12.1 Å². The summed E-state index contributed by atoms with van der Waals surface area (Å²) in [4.78, 5) is 22.0. The largest absolute Gasteiger partial charge is 0.481 e. The normalized spacial score (nSPS) is 19.9. The topological polar surface area (TPSA) is 91.1 Å². The Morgan fingerprint density at radius 3 is 2.75 bits per heavy atom. The molecule has 0 saturated carbocycles. The molecule has 0 radical (unpaired) electrons. The fourth-order valence-electron chi connectivity index (χ4n) is 1.71. The molecule has 1 heterocycles. The molecule has 2 rings (SSSR count). The van der Waals surface area contributed by atoms with Crippen LogP contribution in [-0.2, 0) is 15.8 Å². The summed E-state index contributed by atoms with van der Waals surface area (Å²) in [5.74, 6) is -2.65. The van der Waals surface area contributed by atoms with Crippen molar-refractivity contribution in [3.8, 4) is 0 Å². The summed E-state index contributed by atoms with van der Waals surface area (Å²) in [6, 6.07) is 1.83. The van der Waals surface area contributed by atoms with E-state index in [-0.39, 0.29) is 5.17 Å². The van der Waals surface area contributed by atoms with Crippen molar-refractivity contribution in [2.75, 3.05) is 0 Å². The summed E-state index contributed by atoms with van der Waals surface area (Å²) < 4.78 is 51.2. The van der Waals surface area contributed by atoms with Gasteiger partial charge in [-0.3, -0.25) is 9.59 Å². The maximum Gasteiger partial charge on any atom is 0.416 e. The molecular formula is C13H9F4N3O3S. The van der Waals surface area contributed by atoms with Crippen molar-refractivity contribution in [2.45, 2.75) is 17.8 Å². The Hall–Kier alpha value is -2.43. The molecule has 1 amide bonds. The van der Waals surface area contributed by atoms with Crippen LogP contribution in [0, 0.1) is 5.82 Å². The smallest absolute Gasteiger partial charge is 0.416 e. The van der Waals surface area contributed by atoms with Crippen molar-refractivity contribution in [2.24, 2.45) is 10.2 Å². The molecule has 11 heteroatoms. The zero-order valence-electron chi connectivity index (χ0n) is 11.7. The summed E-state index contributed by atoms with van der Waals surface area (Å²) in [5.41, 5.74) is -1.46. The van der Waals surface area contributed by atoms with E-state index in [1.807, 2.05) is 0 Å². The number of hydrogen-bond donors (Lipinski definition) is 2. The van der Waals surface area contributed by atoms with Gasteiger partial charge in [-0.05, 0) is 18.2 Å². The number of carboxylic acid groups (broad SMARTS) is 1. The zero-order valence-corrected chi connectivity index (χ0v) is 12.5. The van der Waals surface area contributed by atoms with E-state index in [9.17, 15) is 27.2 Å². The van der Waals surface area contributed by atoms with Crippen LogP contribution in [0.5, 0.6) is 0 Å². The van der Waals surface area contributed by atoms with Crippen molar-refractivity contribution in [1.82, 2.24) is 5.32 Å². The van der Waals surface area contributed by atoms with E-state index < -0.39 is 46.7 Å². The number of hydrogen-bond acceptors (Lipinski definition) is 5. The number of amides is 1. The van der Waals surface area contributed by atoms with Crippen LogP contribution in [0.2, 0.25) is 0 Å². The van der Waals surface area contributed by atoms with Gasteiger partial charge < -0.3 is 10.4 Å². The standard InChI is InChI=1S/C13H9F4N3O3S/c14-8-2-1-7(13(15,16)17)3-6(8)5-18-20-12-19-11(23)9(24-12)4-10(21)22/h1-3,5,9H,4H2,(H,21,22)(H,19,20,23). The number of halogens is 4. The van der Waals surface area contributed by atoms with Crippen LogP contribution in [0.4, 0.5) is 17.6 Å². The lowest BCUT2D eigenvalue weighted by atomic mass is 10.1. The van der Waals surface area contributed by atoms with Crippen LogP contribution in [0.3, 0.4) is 0 Å². The lowest BCUT2D eigenvalue weighted by Crippen LogP contribution is -2.26. The van der Waals surface area contributed by atoms with Gasteiger partial charge in [0.15, 0.2) is 5.17 Å². The average Bonchev–Trinajstić information content (AvgIpc) is 2.79. The number of benzene rings is 1. The van der Waals surface area contributed by atoms with Crippen molar-refractivity contribution < 1.29 is 32.3 Å². The molecule has 0 spiro atoms. The highest BCUT2D eigenvalue weighted by Gasteiger charge is 2.32. The molecule has 1 fully saturated rings. The third kappa shape index (κ3) is 4.54. The van der Waals surface area contributed by atoms with Crippen molar-refractivity contribution in [1.29, 1.82) is 0 Å². The Bertz CT molecular complexity index is 734.